The molecular weight excluding hydrogens is 344 g/mol. The highest BCUT2D eigenvalue weighted by molar-refractivity contribution is 7.98. The lowest BCUT2D eigenvalue weighted by Gasteiger charge is -2.10. The largest absolute Gasteiger partial charge is 0.361 e. The molecule has 0 aliphatic rings. The van der Waals surface area contributed by atoms with E-state index in [4.69, 9.17) is 4.52 Å². The molecule has 0 saturated carbocycles. The van der Waals surface area contributed by atoms with Crippen molar-refractivity contribution < 1.29 is 4.52 Å². The summed E-state index contributed by atoms with van der Waals surface area (Å²) in [6, 6.07) is 20.4. The Hall–Kier alpha value is -2.86. The summed E-state index contributed by atoms with van der Waals surface area (Å²) in [5, 5.41) is 13.8. The lowest BCUT2D eigenvalue weighted by atomic mass is 10.2. The smallest absolute Gasteiger partial charge is 0.196 e. The van der Waals surface area contributed by atoms with Gasteiger partial charge in [0.1, 0.15) is 5.76 Å². The van der Waals surface area contributed by atoms with Gasteiger partial charge in [0.2, 0.25) is 0 Å². The molecule has 0 unspecified atom stereocenters. The van der Waals surface area contributed by atoms with Crippen molar-refractivity contribution in [2.75, 3.05) is 0 Å². The first kappa shape index (κ1) is 16.6. The highest BCUT2D eigenvalue weighted by Crippen LogP contribution is 2.29. The van der Waals surface area contributed by atoms with Crippen LogP contribution in [0.3, 0.4) is 0 Å². The summed E-state index contributed by atoms with van der Waals surface area (Å²) in [6.07, 6.45) is 0. The molecule has 5 nitrogen and oxygen atoms in total. The molecule has 0 bridgehead atoms. The van der Waals surface area contributed by atoms with Gasteiger partial charge in [-0.25, -0.2) is 0 Å². The second kappa shape index (κ2) is 7.17. The van der Waals surface area contributed by atoms with E-state index in [0.717, 1.165) is 33.7 Å². The zero-order valence-electron chi connectivity index (χ0n) is 14.6. The molecule has 0 aliphatic heterocycles. The van der Waals surface area contributed by atoms with Gasteiger partial charge in [-0.05, 0) is 26.0 Å². The van der Waals surface area contributed by atoms with E-state index in [1.54, 1.807) is 11.8 Å². The van der Waals surface area contributed by atoms with Crippen molar-refractivity contribution >= 4 is 11.8 Å². The number of aromatic nitrogens is 4. The van der Waals surface area contributed by atoms with Gasteiger partial charge >= 0.3 is 0 Å². The maximum absolute atomic E-state index is 5.15. The Labute approximate surface area is 156 Å². The Morgan fingerprint density at radius 3 is 2.42 bits per heavy atom. The molecule has 0 spiro atoms. The standard InChI is InChI=1S/C20H18N4OS/c1-14-8-10-18(11-9-14)24-19(16-6-4-3-5-7-16)21-22-20(24)26-13-17-12-15(2)25-23-17/h3-12H,13H2,1-2H3. The maximum Gasteiger partial charge on any atom is 0.196 e. The molecular formula is C20H18N4OS. The van der Waals surface area contributed by atoms with Crippen LogP contribution in [0.15, 0.2) is 70.3 Å². The van der Waals surface area contributed by atoms with Crippen LogP contribution in [0, 0.1) is 13.8 Å². The average molecular weight is 362 g/mol. The predicted molar refractivity (Wildman–Crippen MR) is 102 cm³/mol. The van der Waals surface area contributed by atoms with Gasteiger partial charge in [-0.15, -0.1) is 10.2 Å². The van der Waals surface area contributed by atoms with Crippen LogP contribution in [0.4, 0.5) is 0 Å². The maximum atomic E-state index is 5.15. The Morgan fingerprint density at radius 2 is 1.73 bits per heavy atom. The molecule has 4 aromatic rings. The van der Waals surface area contributed by atoms with Crippen LogP contribution in [0.2, 0.25) is 0 Å². The van der Waals surface area contributed by atoms with Crippen molar-refractivity contribution in [1.29, 1.82) is 0 Å². The number of nitrogens with zero attached hydrogens (tertiary/aromatic N) is 4. The van der Waals surface area contributed by atoms with E-state index in [1.165, 1.54) is 5.56 Å². The first-order valence-corrected chi connectivity index (χ1v) is 9.32. The third kappa shape index (κ3) is 3.41. The average Bonchev–Trinajstić information content (AvgIpc) is 3.27. The molecule has 0 radical (unpaired) electrons. The number of thioether (sulfide) groups is 1. The summed E-state index contributed by atoms with van der Waals surface area (Å²) in [6.45, 7) is 3.97. The van der Waals surface area contributed by atoms with E-state index in [9.17, 15) is 0 Å². The van der Waals surface area contributed by atoms with Crippen LogP contribution in [0.1, 0.15) is 17.0 Å². The molecule has 4 rings (SSSR count). The van der Waals surface area contributed by atoms with E-state index >= 15 is 0 Å². The van der Waals surface area contributed by atoms with Crippen molar-refractivity contribution in [1.82, 2.24) is 19.9 Å². The number of benzene rings is 2. The number of rotatable bonds is 5. The summed E-state index contributed by atoms with van der Waals surface area (Å²) < 4.78 is 7.24. The fourth-order valence-corrected chi connectivity index (χ4v) is 3.52. The minimum Gasteiger partial charge on any atom is -0.361 e. The number of aryl methyl sites for hydroxylation is 2. The number of hydrogen-bond donors (Lipinski definition) is 0. The first-order chi connectivity index (χ1) is 12.7. The fraction of sp³-hybridized carbons (Fsp3) is 0.150. The molecule has 6 heteroatoms. The SMILES string of the molecule is Cc1ccc(-n2c(SCc3cc(C)on3)nnc2-c2ccccc2)cc1. The highest BCUT2D eigenvalue weighted by atomic mass is 32.2. The van der Waals surface area contributed by atoms with Crippen LogP contribution < -0.4 is 0 Å². The lowest BCUT2D eigenvalue weighted by molar-refractivity contribution is 0.393. The molecule has 2 aromatic carbocycles. The van der Waals surface area contributed by atoms with Crippen LogP contribution in [0.5, 0.6) is 0 Å². The van der Waals surface area contributed by atoms with Crippen molar-refractivity contribution in [3.05, 3.63) is 77.7 Å². The molecule has 26 heavy (non-hydrogen) atoms. The van der Waals surface area contributed by atoms with Crippen molar-refractivity contribution in [2.24, 2.45) is 0 Å². The van der Waals surface area contributed by atoms with Gasteiger partial charge in [0.05, 0.1) is 5.69 Å². The third-order valence-electron chi connectivity index (χ3n) is 3.98. The molecule has 0 aliphatic carbocycles. The molecule has 2 heterocycles. The minimum absolute atomic E-state index is 0.677. The van der Waals surface area contributed by atoms with Gasteiger partial charge in [-0.3, -0.25) is 4.57 Å². The van der Waals surface area contributed by atoms with Gasteiger partial charge in [0.25, 0.3) is 0 Å². The minimum atomic E-state index is 0.677. The fourth-order valence-electron chi connectivity index (χ4n) is 2.69. The van der Waals surface area contributed by atoms with Crippen LogP contribution in [-0.4, -0.2) is 19.9 Å². The molecule has 0 fully saturated rings. The second-order valence-corrected chi connectivity index (χ2v) is 7.00. The zero-order valence-corrected chi connectivity index (χ0v) is 15.4. The summed E-state index contributed by atoms with van der Waals surface area (Å²) in [5.41, 5.74) is 4.19. The quantitative estimate of drug-likeness (QED) is 0.476. The summed E-state index contributed by atoms with van der Waals surface area (Å²) in [5.74, 6) is 2.31. The Balaban J connectivity index is 1.73. The number of hydrogen-bond acceptors (Lipinski definition) is 5. The van der Waals surface area contributed by atoms with Gasteiger partial charge in [0, 0.05) is 23.1 Å². The van der Waals surface area contributed by atoms with Crippen molar-refractivity contribution in [2.45, 2.75) is 24.8 Å². The molecule has 2 aromatic heterocycles. The van der Waals surface area contributed by atoms with Crippen LogP contribution in [0.25, 0.3) is 17.1 Å². The van der Waals surface area contributed by atoms with E-state index in [0.29, 0.717) is 5.75 Å². The van der Waals surface area contributed by atoms with Crippen molar-refractivity contribution in [3.63, 3.8) is 0 Å². The Bertz CT molecular complexity index is 1010. The van der Waals surface area contributed by atoms with Crippen LogP contribution >= 0.6 is 11.8 Å². The third-order valence-corrected chi connectivity index (χ3v) is 4.95. The normalized spacial score (nSPS) is 11.0. The van der Waals surface area contributed by atoms with E-state index in [-0.39, 0.29) is 0 Å². The molecule has 0 amide bonds. The molecule has 130 valence electrons. The monoisotopic (exact) mass is 362 g/mol. The predicted octanol–water partition coefficient (Wildman–Crippen LogP) is 4.83. The topological polar surface area (TPSA) is 56.7 Å². The second-order valence-electron chi connectivity index (χ2n) is 6.06. The van der Waals surface area contributed by atoms with Gasteiger partial charge in [0.15, 0.2) is 11.0 Å². The Morgan fingerprint density at radius 1 is 0.962 bits per heavy atom. The van der Waals surface area contributed by atoms with Crippen molar-refractivity contribution in [3.8, 4) is 17.1 Å². The van der Waals surface area contributed by atoms with E-state index in [2.05, 4.69) is 51.1 Å². The van der Waals surface area contributed by atoms with E-state index in [1.807, 2.05) is 43.3 Å². The van der Waals surface area contributed by atoms with Gasteiger partial charge in [-0.2, -0.15) is 0 Å². The first-order valence-electron chi connectivity index (χ1n) is 8.33. The van der Waals surface area contributed by atoms with Crippen LogP contribution in [-0.2, 0) is 5.75 Å². The summed E-state index contributed by atoms with van der Waals surface area (Å²) >= 11 is 1.59. The molecule has 0 N–H and O–H groups in total. The molecule has 0 saturated heterocycles. The lowest BCUT2D eigenvalue weighted by Crippen LogP contribution is -2.00. The van der Waals surface area contributed by atoms with Gasteiger partial charge in [-0.1, -0.05) is 64.9 Å². The molecule has 0 atom stereocenters. The Kier molecular flexibility index (Phi) is 4.58. The summed E-state index contributed by atoms with van der Waals surface area (Å²) in [4.78, 5) is 0. The zero-order chi connectivity index (χ0) is 17.9. The van der Waals surface area contributed by atoms with Gasteiger partial charge < -0.3 is 4.52 Å². The highest BCUT2D eigenvalue weighted by Gasteiger charge is 2.16. The summed E-state index contributed by atoms with van der Waals surface area (Å²) in [7, 11) is 0. The van der Waals surface area contributed by atoms with E-state index < -0.39 is 0 Å².